The van der Waals surface area contributed by atoms with E-state index >= 15 is 0 Å². The molecule has 2 heterocycles. The second kappa shape index (κ2) is 4.76. The van der Waals surface area contributed by atoms with Gasteiger partial charge in [0.2, 0.25) is 0 Å². The second-order valence-electron chi connectivity index (χ2n) is 3.23. The zero-order valence-corrected chi connectivity index (χ0v) is 10.9. The van der Waals surface area contributed by atoms with Gasteiger partial charge in [0.1, 0.15) is 4.60 Å². The Bertz CT molecular complexity index is 507. The molecule has 0 spiro atoms. The average Bonchev–Trinajstić information content (AvgIpc) is 2.68. The molecule has 0 bridgehead atoms. The lowest BCUT2D eigenvalue weighted by molar-refractivity contribution is 0.103. The van der Waals surface area contributed by atoms with Crippen molar-refractivity contribution in [2.75, 3.05) is 5.32 Å². The molecule has 1 N–H and O–H groups in total. The normalized spacial score (nSPS) is 10.1. The minimum atomic E-state index is -0.0952. The number of anilines is 1. The van der Waals surface area contributed by atoms with Gasteiger partial charge < -0.3 is 5.32 Å². The number of halogens is 1. The molecule has 0 aromatic carbocycles. The summed E-state index contributed by atoms with van der Waals surface area (Å²) in [5.74, 6) is -0.0952. The van der Waals surface area contributed by atoms with Gasteiger partial charge >= 0.3 is 0 Å². The molecule has 5 heteroatoms. The van der Waals surface area contributed by atoms with Gasteiger partial charge in [-0.15, -0.1) is 11.3 Å². The van der Waals surface area contributed by atoms with Crippen LogP contribution in [0.15, 0.2) is 35.1 Å². The molecular weight excluding hydrogens is 288 g/mol. The first-order chi connectivity index (χ1) is 7.65. The summed E-state index contributed by atoms with van der Waals surface area (Å²) in [6.07, 6.45) is 1.61. The molecular formula is C11H9BrN2OS. The predicted molar refractivity (Wildman–Crippen MR) is 68.9 cm³/mol. The fraction of sp³-hybridized carbons (Fsp3) is 0.0909. The van der Waals surface area contributed by atoms with Crippen molar-refractivity contribution < 1.29 is 4.79 Å². The number of rotatable bonds is 2. The van der Waals surface area contributed by atoms with Crippen LogP contribution in [0.3, 0.4) is 0 Å². The number of hydrogen-bond acceptors (Lipinski definition) is 3. The number of pyridine rings is 1. The maximum Gasteiger partial charge on any atom is 0.265 e. The van der Waals surface area contributed by atoms with Gasteiger partial charge in [-0.3, -0.25) is 4.79 Å². The number of nitrogens with one attached hydrogen (secondary N) is 1. The Hall–Kier alpha value is -1.20. The van der Waals surface area contributed by atoms with E-state index < -0.39 is 0 Å². The van der Waals surface area contributed by atoms with Gasteiger partial charge in [0.15, 0.2) is 0 Å². The van der Waals surface area contributed by atoms with E-state index in [9.17, 15) is 4.79 Å². The number of hydrogen-bond donors (Lipinski definition) is 1. The average molecular weight is 297 g/mol. The fourth-order valence-electron chi connectivity index (χ4n) is 1.20. The van der Waals surface area contributed by atoms with Crippen molar-refractivity contribution in [2.45, 2.75) is 6.92 Å². The third-order valence-corrected chi connectivity index (χ3v) is 3.42. The maximum absolute atomic E-state index is 11.8. The summed E-state index contributed by atoms with van der Waals surface area (Å²) in [6, 6.07) is 7.34. The Kier molecular flexibility index (Phi) is 3.36. The smallest absolute Gasteiger partial charge is 0.265 e. The van der Waals surface area contributed by atoms with Crippen LogP contribution in [0.5, 0.6) is 0 Å². The van der Waals surface area contributed by atoms with Gasteiger partial charge in [-0.2, -0.15) is 0 Å². The van der Waals surface area contributed by atoms with Crippen molar-refractivity contribution in [1.29, 1.82) is 0 Å². The van der Waals surface area contributed by atoms with E-state index in [0.717, 1.165) is 9.48 Å². The molecule has 0 unspecified atom stereocenters. The van der Waals surface area contributed by atoms with Crippen LogP contribution in [0.25, 0.3) is 0 Å². The van der Waals surface area contributed by atoms with E-state index in [1.165, 1.54) is 11.3 Å². The van der Waals surface area contributed by atoms with Crippen LogP contribution in [0.1, 0.15) is 14.5 Å². The highest BCUT2D eigenvalue weighted by Crippen LogP contribution is 2.17. The first-order valence-corrected chi connectivity index (χ1v) is 6.25. The zero-order chi connectivity index (χ0) is 11.5. The number of carbonyl (C=O) groups excluding carboxylic acids is 1. The van der Waals surface area contributed by atoms with Gasteiger partial charge in [-0.05, 0) is 47.1 Å². The number of aromatic nitrogens is 1. The molecule has 82 valence electrons. The predicted octanol–water partition coefficient (Wildman–Crippen LogP) is 3.47. The Morgan fingerprint density at radius 1 is 1.38 bits per heavy atom. The van der Waals surface area contributed by atoms with Crippen molar-refractivity contribution in [3.63, 3.8) is 0 Å². The minimum absolute atomic E-state index is 0.0952. The number of amides is 1. The summed E-state index contributed by atoms with van der Waals surface area (Å²) in [4.78, 5) is 17.6. The van der Waals surface area contributed by atoms with Gasteiger partial charge in [-0.1, -0.05) is 0 Å². The first kappa shape index (κ1) is 11.3. The van der Waals surface area contributed by atoms with Gasteiger partial charge in [0.05, 0.1) is 16.8 Å². The van der Waals surface area contributed by atoms with E-state index in [0.29, 0.717) is 10.6 Å². The maximum atomic E-state index is 11.8. The standard InChI is InChI=1S/C11H9BrN2OS/c1-7-2-4-9(16-7)11(15)14-8-3-5-10(12)13-6-8/h2-6H,1H3,(H,14,15). The molecule has 0 fully saturated rings. The highest BCUT2D eigenvalue weighted by Gasteiger charge is 2.08. The van der Waals surface area contributed by atoms with Crippen molar-refractivity contribution in [3.8, 4) is 0 Å². The molecule has 2 rings (SSSR count). The summed E-state index contributed by atoms with van der Waals surface area (Å²) in [5.41, 5.74) is 0.694. The number of thiophene rings is 1. The number of nitrogens with zero attached hydrogens (tertiary/aromatic N) is 1. The van der Waals surface area contributed by atoms with E-state index in [2.05, 4.69) is 26.2 Å². The lowest BCUT2D eigenvalue weighted by Crippen LogP contribution is -2.10. The first-order valence-electron chi connectivity index (χ1n) is 4.64. The third kappa shape index (κ3) is 2.68. The number of carbonyl (C=O) groups is 1. The molecule has 0 aliphatic heterocycles. The van der Waals surface area contributed by atoms with Crippen molar-refractivity contribution in [1.82, 2.24) is 4.98 Å². The summed E-state index contributed by atoms with van der Waals surface area (Å²) >= 11 is 4.71. The summed E-state index contributed by atoms with van der Waals surface area (Å²) in [5, 5.41) is 2.79. The van der Waals surface area contributed by atoms with Crippen LogP contribution >= 0.6 is 27.3 Å². The van der Waals surface area contributed by atoms with Gasteiger partial charge in [0, 0.05) is 4.88 Å². The van der Waals surface area contributed by atoms with Crippen LogP contribution in [0.4, 0.5) is 5.69 Å². The fourth-order valence-corrected chi connectivity index (χ4v) is 2.20. The van der Waals surface area contributed by atoms with Crippen molar-refractivity contribution in [2.24, 2.45) is 0 Å². The zero-order valence-electron chi connectivity index (χ0n) is 8.53. The number of aryl methyl sites for hydroxylation is 1. The Morgan fingerprint density at radius 2 is 2.19 bits per heavy atom. The molecule has 2 aromatic rings. The van der Waals surface area contributed by atoms with Crippen LogP contribution in [-0.4, -0.2) is 10.9 Å². The van der Waals surface area contributed by atoms with Crippen molar-refractivity contribution in [3.05, 3.63) is 44.8 Å². The Labute approximate surface area is 106 Å². The van der Waals surface area contributed by atoms with Crippen molar-refractivity contribution >= 4 is 38.9 Å². The van der Waals surface area contributed by atoms with Crippen LogP contribution in [-0.2, 0) is 0 Å². The molecule has 3 nitrogen and oxygen atoms in total. The molecule has 0 aliphatic carbocycles. The quantitative estimate of drug-likeness (QED) is 0.862. The summed E-state index contributed by atoms with van der Waals surface area (Å²) < 4.78 is 0.748. The topological polar surface area (TPSA) is 42.0 Å². The van der Waals surface area contributed by atoms with E-state index in [-0.39, 0.29) is 5.91 Å². The van der Waals surface area contributed by atoms with E-state index in [1.807, 2.05) is 19.1 Å². The lowest BCUT2D eigenvalue weighted by Gasteiger charge is -2.02. The largest absolute Gasteiger partial charge is 0.320 e. The minimum Gasteiger partial charge on any atom is -0.320 e. The molecule has 0 atom stereocenters. The SMILES string of the molecule is Cc1ccc(C(=O)Nc2ccc(Br)nc2)s1. The third-order valence-electron chi connectivity index (χ3n) is 1.95. The molecule has 0 saturated carbocycles. The molecule has 0 saturated heterocycles. The second-order valence-corrected chi connectivity index (χ2v) is 5.33. The summed E-state index contributed by atoms with van der Waals surface area (Å²) in [7, 11) is 0. The van der Waals surface area contributed by atoms with Crippen LogP contribution in [0.2, 0.25) is 0 Å². The molecule has 0 aliphatic rings. The van der Waals surface area contributed by atoms with Gasteiger partial charge in [-0.25, -0.2) is 4.98 Å². The lowest BCUT2D eigenvalue weighted by atomic mass is 10.4. The molecule has 0 radical (unpaired) electrons. The van der Waals surface area contributed by atoms with E-state index in [4.69, 9.17) is 0 Å². The highest BCUT2D eigenvalue weighted by atomic mass is 79.9. The summed E-state index contributed by atoms with van der Waals surface area (Å²) in [6.45, 7) is 1.97. The Balaban J connectivity index is 2.10. The molecule has 2 aromatic heterocycles. The molecule has 1 amide bonds. The Morgan fingerprint density at radius 3 is 2.75 bits per heavy atom. The highest BCUT2D eigenvalue weighted by molar-refractivity contribution is 9.10. The monoisotopic (exact) mass is 296 g/mol. The van der Waals surface area contributed by atoms with Crippen LogP contribution < -0.4 is 5.32 Å². The van der Waals surface area contributed by atoms with Gasteiger partial charge in [0.25, 0.3) is 5.91 Å². The van der Waals surface area contributed by atoms with Crippen LogP contribution in [0, 0.1) is 6.92 Å². The molecule has 16 heavy (non-hydrogen) atoms. The van der Waals surface area contributed by atoms with E-state index in [1.54, 1.807) is 18.3 Å².